The van der Waals surface area contributed by atoms with E-state index in [0.717, 1.165) is 42.8 Å². The number of rotatable bonds is 2. The Morgan fingerprint density at radius 2 is 2.17 bits per heavy atom. The monoisotopic (exact) mass is 246 g/mol. The van der Waals surface area contributed by atoms with Crippen LogP contribution >= 0.6 is 0 Å². The highest BCUT2D eigenvalue weighted by molar-refractivity contribution is 5.42. The molecule has 2 fully saturated rings. The zero-order valence-corrected chi connectivity index (χ0v) is 11.3. The molecule has 4 heteroatoms. The molecule has 3 rings (SSSR count). The normalized spacial score (nSPS) is 30.8. The van der Waals surface area contributed by atoms with Crippen molar-refractivity contribution in [2.75, 3.05) is 18.0 Å². The Morgan fingerprint density at radius 1 is 1.33 bits per heavy atom. The summed E-state index contributed by atoms with van der Waals surface area (Å²) in [5.41, 5.74) is 7.32. The number of fused-ring (bicyclic) bond motifs is 1. The van der Waals surface area contributed by atoms with Crippen LogP contribution in [0.3, 0.4) is 0 Å². The summed E-state index contributed by atoms with van der Waals surface area (Å²) in [5, 5.41) is 0. The Hall–Kier alpha value is -1.16. The van der Waals surface area contributed by atoms with Crippen LogP contribution in [0.5, 0.6) is 0 Å². The second-order valence-corrected chi connectivity index (χ2v) is 5.69. The lowest BCUT2D eigenvalue weighted by Crippen LogP contribution is -2.30. The van der Waals surface area contributed by atoms with Crippen molar-refractivity contribution in [1.29, 1.82) is 0 Å². The molecule has 4 nitrogen and oxygen atoms in total. The molecule has 2 heterocycles. The first-order chi connectivity index (χ1) is 8.67. The van der Waals surface area contributed by atoms with Gasteiger partial charge in [-0.3, -0.25) is 0 Å². The lowest BCUT2D eigenvalue weighted by atomic mass is 9.98. The molecule has 3 unspecified atom stereocenters. The predicted octanol–water partition coefficient (Wildman–Crippen LogP) is 1.52. The highest BCUT2D eigenvalue weighted by Gasteiger charge is 2.41. The van der Waals surface area contributed by atoms with Crippen LogP contribution in [0, 0.1) is 18.8 Å². The number of aryl methyl sites for hydroxylation is 2. The average molecular weight is 246 g/mol. The number of nitrogens with zero attached hydrogens (tertiary/aromatic N) is 3. The molecule has 1 aromatic heterocycles. The Morgan fingerprint density at radius 3 is 2.89 bits per heavy atom. The number of nitrogens with two attached hydrogens (primary N) is 1. The van der Waals surface area contributed by atoms with Crippen molar-refractivity contribution < 1.29 is 0 Å². The van der Waals surface area contributed by atoms with Gasteiger partial charge in [0.05, 0.1) is 0 Å². The Kier molecular flexibility index (Phi) is 2.98. The van der Waals surface area contributed by atoms with Crippen molar-refractivity contribution in [3.8, 4) is 0 Å². The minimum atomic E-state index is 0.397. The third kappa shape index (κ3) is 1.99. The van der Waals surface area contributed by atoms with E-state index >= 15 is 0 Å². The SMILES string of the molecule is CCc1cc(N2CC3CCC(N)C3C2)nc(C)n1. The van der Waals surface area contributed by atoms with Gasteiger partial charge in [-0.1, -0.05) is 6.92 Å². The molecule has 18 heavy (non-hydrogen) atoms. The van der Waals surface area contributed by atoms with E-state index in [0.29, 0.717) is 12.0 Å². The van der Waals surface area contributed by atoms with Crippen LogP contribution in [0.15, 0.2) is 6.07 Å². The van der Waals surface area contributed by atoms with Gasteiger partial charge in [0.25, 0.3) is 0 Å². The molecule has 98 valence electrons. The van der Waals surface area contributed by atoms with Gasteiger partial charge in [0.1, 0.15) is 11.6 Å². The van der Waals surface area contributed by atoms with Crippen LogP contribution in [0.1, 0.15) is 31.3 Å². The van der Waals surface area contributed by atoms with E-state index in [2.05, 4.69) is 27.9 Å². The summed E-state index contributed by atoms with van der Waals surface area (Å²) >= 11 is 0. The maximum Gasteiger partial charge on any atom is 0.132 e. The molecule has 3 atom stereocenters. The molecule has 1 aliphatic heterocycles. The molecule has 0 spiro atoms. The van der Waals surface area contributed by atoms with Gasteiger partial charge in [-0.25, -0.2) is 9.97 Å². The second kappa shape index (κ2) is 4.50. The lowest BCUT2D eigenvalue weighted by molar-refractivity contribution is 0.453. The highest BCUT2D eigenvalue weighted by atomic mass is 15.2. The molecule has 0 bridgehead atoms. The van der Waals surface area contributed by atoms with E-state index in [1.165, 1.54) is 12.8 Å². The Labute approximate surface area is 109 Å². The largest absolute Gasteiger partial charge is 0.356 e. The molecule has 2 aliphatic rings. The summed E-state index contributed by atoms with van der Waals surface area (Å²) in [6.07, 6.45) is 3.45. The predicted molar refractivity (Wildman–Crippen MR) is 72.5 cm³/mol. The van der Waals surface area contributed by atoms with Gasteiger partial charge in [0.15, 0.2) is 0 Å². The number of anilines is 1. The van der Waals surface area contributed by atoms with Gasteiger partial charge in [0, 0.05) is 30.9 Å². The fraction of sp³-hybridized carbons (Fsp3) is 0.714. The van der Waals surface area contributed by atoms with Crippen molar-refractivity contribution >= 4 is 5.82 Å². The molecule has 0 aromatic carbocycles. The first kappa shape index (κ1) is 11.9. The third-order valence-corrected chi connectivity index (χ3v) is 4.48. The van der Waals surface area contributed by atoms with Crippen LogP contribution in [-0.4, -0.2) is 29.1 Å². The molecule has 0 amide bonds. The summed E-state index contributed by atoms with van der Waals surface area (Å²) in [5.74, 6) is 3.43. The van der Waals surface area contributed by atoms with Gasteiger partial charge < -0.3 is 10.6 Å². The first-order valence-corrected chi connectivity index (χ1v) is 7.02. The third-order valence-electron chi connectivity index (χ3n) is 4.48. The molecular weight excluding hydrogens is 224 g/mol. The van der Waals surface area contributed by atoms with Crippen LogP contribution in [-0.2, 0) is 6.42 Å². The molecule has 1 aromatic rings. The van der Waals surface area contributed by atoms with Crippen LogP contribution < -0.4 is 10.6 Å². The smallest absolute Gasteiger partial charge is 0.132 e. The lowest BCUT2D eigenvalue weighted by Gasteiger charge is -2.20. The Balaban J connectivity index is 1.82. The van der Waals surface area contributed by atoms with Gasteiger partial charge in [0.2, 0.25) is 0 Å². The maximum absolute atomic E-state index is 6.19. The van der Waals surface area contributed by atoms with Gasteiger partial charge in [-0.2, -0.15) is 0 Å². The van der Waals surface area contributed by atoms with E-state index in [4.69, 9.17) is 5.73 Å². The van der Waals surface area contributed by atoms with Crippen molar-refractivity contribution in [2.45, 2.75) is 39.2 Å². The summed E-state index contributed by atoms with van der Waals surface area (Å²) < 4.78 is 0. The Bertz CT molecular complexity index is 445. The van der Waals surface area contributed by atoms with Crippen molar-refractivity contribution in [3.63, 3.8) is 0 Å². The molecule has 1 aliphatic carbocycles. The zero-order chi connectivity index (χ0) is 12.7. The molecule has 0 radical (unpaired) electrons. The molecule has 1 saturated carbocycles. The van der Waals surface area contributed by atoms with E-state index in [9.17, 15) is 0 Å². The van der Waals surface area contributed by atoms with Crippen LogP contribution in [0.4, 0.5) is 5.82 Å². The first-order valence-electron chi connectivity index (χ1n) is 7.02. The average Bonchev–Trinajstić information content (AvgIpc) is 2.91. The van der Waals surface area contributed by atoms with Crippen molar-refractivity contribution in [1.82, 2.24) is 9.97 Å². The summed E-state index contributed by atoms with van der Waals surface area (Å²) in [6, 6.07) is 2.54. The fourth-order valence-corrected chi connectivity index (χ4v) is 3.45. The zero-order valence-electron chi connectivity index (χ0n) is 11.3. The number of hydrogen-bond acceptors (Lipinski definition) is 4. The van der Waals surface area contributed by atoms with Crippen LogP contribution in [0.25, 0.3) is 0 Å². The molecular formula is C14H22N4. The van der Waals surface area contributed by atoms with E-state index in [1.807, 2.05) is 6.92 Å². The van der Waals surface area contributed by atoms with Crippen molar-refractivity contribution in [3.05, 3.63) is 17.6 Å². The van der Waals surface area contributed by atoms with Gasteiger partial charge >= 0.3 is 0 Å². The quantitative estimate of drug-likeness (QED) is 0.859. The van der Waals surface area contributed by atoms with Crippen LogP contribution in [0.2, 0.25) is 0 Å². The number of hydrogen-bond donors (Lipinski definition) is 1. The van der Waals surface area contributed by atoms with Crippen molar-refractivity contribution in [2.24, 2.45) is 17.6 Å². The molecule has 1 saturated heterocycles. The number of aromatic nitrogens is 2. The fourth-order valence-electron chi connectivity index (χ4n) is 3.45. The maximum atomic E-state index is 6.19. The second-order valence-electron chi connectivity index (χ2n) is 5.69. The van der Waals surface area contributed by atoms with E-state index < -0.39 is 0 Å². The summed E-state index contributed by atoms with van der Waals surface area (Å²) in [7, 11) is 0. The summed E-state index contributed by atoms with van der Waals surface area (Å²) in [6.45, 7) is 6.31. The highest BCUT2D eigenvalue weighted by Crippen LogP contribution is 2.38. The standard InChI is InChI=1S/C14H22N4/c1-3-11-6-14(17-9(2)16-11)18-7-10-4-5-13(15)12(10)8-18/h6,10,12-13H,3-5,7-8,15H2,1-2H3. The summed E-state index contributed by atoms with van der Waals surface area (Å²) in [4.78, 5) is 11.4. The minimum Gasteiger partial charge on any atom is -0.356 e. The topological polar surface area (TPSA) is 55.0 Å². The minimum absolute atomic E-state index is 0.397. The molecule has 2 N–H and O–H groups in total. The van der Waals surface area contributed by atoms with Gasteiger partial charge in [-0.15, -0.1) is 0 Å². The van der Waals surface area contributed by atoms with Gasteiger partial charge in [-0.05, 0) is 38.0 Å². The van der Waals surface area contributed by atoms with E-state index in [1.54, 1.807) is 0 Å². The van der Waals surface area contributed by atoms with E-state index in [-0.39, 0.29) is 0 Å².